The number of para-hydroxylation sites is 2. The summed E-state index contributed by atoms with van der Waals surface area (Å²) in [6.45, 7) is 9.65. The molecule has 1 aromatic carbocycles. The van der Waals surface area contributed by atoms with Crippen molar-refractivity contribution < 1.29 is 19.0 Å². The highest BCUT2D eigenvalue weighted by atomic mass is 16.5. The third-order valence-corrected chi connectivity index (χ3v) is 7.44. The van der Waals surface area contributed by atoms with Crippen LogP contribution in [0.4, 0.5) is 23.4 Å². The van der Waals surface area contributed by atoms with Crippen molar-refractivity contribution in [2.24, 2.45) is 5.41 Å². The number of hydrogen-bond donors (Lipinski definition) is 1. The highest BCUT2D eigenvalue weighted by molar-refractivity contribution is 5.77. The molecule has 2 aliphatic rings. The van der Waals surface area contributed by atoms with Gasteiger partial charge in [0.25, 0.3) is 0 Å². The van der Waals surface area contributed by atoms with E-state index in [4.69, 9.17) is 24.2 Å². The number of piperidine rings is 2. The van der Waals surface area contributed by atoms with Gasteiger partial charge >= 0.3 is 5.97 Å². The summed E-state index contributed by atoms with van der Waals surface area (Å²) in [6, 6.07) is 9.65. The first-order chi connectivity index (χ1) is 20.0. The van der Waals surface area contributed by atoms with Crippen LogP contribution in [0.15, 0.2) is 48.9 Å². The van der Waals surface area contributed by atoms with Gasteiger partial charge < -0.3 is 29.3 Å². The van der Waals surface area contributed by atoms with Crippen LogP contribution in [-0.4, -0.2) is 71.4 Å². The Kier molecular flexibility index (Phi) is 9.01. The second kappa shape index (κ2) is 13.0. The Bertz CT molecular complexity index is 1330. The van der Waals surface area contributed by atoms with Crippen LogP contribution in [0.2, 0.25) is 0 Å². The first kappa shape index (κ1) is 28.4. The number of benzene rings is 1. The van der Waals surface area contributed by atoms with Gasteiger partial charge in [0.05, 0.1) is 37.6 Å². The molecule has 1 unspecified atom stereocenters. The van der Waals surface area contributed by atoms with E-state index in [0.29, 0.717) is 38.1 Å². The molecule has 0 bridgehead atoms. The van der Waals surface area contributed by atoms with E-state index in [1.54, 1.807) is 18.6 Å². The molecule has 0 saturated carbocycles. The molecule has 2 fully saturated rings. The van der Waals surface area contributed by atoms with Crippen molar-refractivity contribution in [2.75, 3.05) is 54.5 Å². The number of nitrogens with one attached hydrogen (secondary N) is 1. The third-order valence-electron chi connectivity index (χ3n) is 7.44. The maximum absolute atomic E-state index is 12.6. The number of esters is 1. The fraction of sp³-hybridized carbons (Fsp3) is 0.500. The minimum absolute atomic E-state index is 0.00798. The van der Waals surface area contributed by atoms with Gasteiger partial charge in [-0.2, -0.15) is 4.98 Å². The minimum Gasteiger partial charge on any atom is -0.490 e. The standard InChI is InChI=1S/C30H39N7O4/c1-4-39-23-11-6-7-12-24(23)41-22-10-8-16-36(20-22)27-19-31-18-25(33-27)34-29-32-15-13-26(35-29)37-17-9-14-30(3,21-37)28(38)40-5-2/h6-7,11-13,15,18-19,22H,4-5,8-10,14,16-17,20-21H2,1-3H3,(H,32,33,34,35)/t22-,30?/m1/s1. The fourth-order valence-electron chi connectivity index (χ4n) is 5.42. The Morgan fingerprint density at radius 2 is 1.85 bits per heavy atom. The maximum Gasteiger partial charge on any atom is 0.313 e. The number of carbonyl (C=O) groups is 1. The summed E-state index contributed by atoms with van der Waals surface area (Å²) >= 11 is 0. The number of anilines is 4. The normalized spacial score (nSPS) is 20.8. The minimum atomic E-state index is -0.562. The summed E-state index contributed by atoms with van der Waals surface area (Å²) in [5.74, 6) is 3.85. The van der Waals surface area contributed by atoms with Crippen LogP contribution in [0.1, 0.15) is 46.5 Å². The van der Waals surface area contributed by atoms with E-state index in [1.807, 2.05) is 51.1 Å². The number of rotatable bonds is 10. The molecular weight excluding hydrogens is 522 g/mol. The van der Waals surface area contributed by atoms with E-state index < -0.39 is 5.41 Å². The first-order valence-electron chi connectivity index (χ1n) is 14.4. The molecule has 0 spiro atoms. The summed E-state index contributed by atoms with van der Waals surface area (Å²) in [5.41, 5.74) is -0.562. The van der Waals surface area contributed by atoms with Gasteiger partial charge in [0.15, 0.2) is 17.3 Å². The molecule has 2 saturated heterocycles. The van der Waals surface area contributed by atoms with Crippen LogP contribution in [0.3, 0.4) is 0 Å². The Labute approximate surface area is 241 Å². The van der Waals surface area contributed by atoms with Gasteiger partial charge in [0, 0.05) is 25.8 Å². The highest BCUT2D eigenvalue weighted by Crippen LogP contribution is 2.33. The lowest BCUT2D eigenvalue weighted by Crippen LogP contribution is -2.47. The maximum atomic E-state index is 12.6. The van der Waals surface area contributed by atoms with Crippen molar-refractivity contribution in [3.05, 3.63) is 48.9 Å². The molecule has 0 amide bonds. The lowest BCUT2D eigenvalue weighted by molar-refractivity contribution is -0.154. The second-order valence-electron chi connectivity index (χ2n) is 10.6. The zero-order chi connectivity index (χ0) is 28.7. The SMILES string of the molecule is CCOC(=O)C1(C)CCCN(c2ccnc(Nc3cncc(N4CCC[C@@H](Oc5ccccc5OCC)C4)n3)n2)C1. The summed E-state index contributed by atoms with van der Waals surface area (Å²) in [7, 11) is 0. The smallest absolute Gasteiger partial charge is 0.313 e. The molecule has 0 aliphatic carbocycles. The van der Waals surface area contributed by atoms with Crippen molar-refractivity contribution >= 4 is 29.4 Å². The Balaban J connectivity index is 1.24. The fourth-order valence-corrected chi connectivity index (χ4v) is 5.42. The van der Waals surface area contributed by atoms with Gasteiger partial charge in [0.2, 0.25) is 5.95 Å². The largest absolute Gasteiger partial charge is 0.490 e. The quantitative estimate of drug-likeness (QED) is 0.350. The monoisotopic (exact) mass is 561 g/mol. The number of nitrogens with zero attached hydrogens (tertiary/aromatic N) is 6. The molecule has 1 N–H and O–H groups in total. The number of ether oxygens (including phenoxy) is 3. The highest BCUT2D eigenvalue weighted by Gasteiger charge is 2.39. The van der Waals surface area contributed by atoms with Crippen molar-refractivity contribution in [1.29, 1.82) is 0 Å². The Hall–Kier alpha value is -4.15. The van der Waals surface area contributed by atoms with E-state index in [9.17, 15) is 4.79 Å². The summed E-state index contributed by atoms with van der Waals surface area (Å²) in [6.07, 6.45) is 8.76. The topological polar surface area (TPSA) is 115 Å². The predicted molar refractivity (Wildman–Crippen MR) is 157 cm³/mol. The summed E-state index contributed by atoms with van der Waals surface area (Å²) in [4.78, 5) is 35.3. The van der Waals surface area contributed by atoms with E-state index in [0.717, 1.165) is 61.9 Å². The summed E-state index contributed by atoms with van der Waals surface area (Å²) in [5, 5.41) is 3.21. The number of carbonyl (C=O) groups excluding carboxylic acids is 1. The molecule has 5 rings (SSSR count). The molecular formula is C30H39N7O4. The van der Waals surface area contributed by atoms with Crippen LogP contribution in [-0.2, 0) is 9.53 Å². The van der Waals surface area contributed by atoms with Gasteiger partial charge in [-0.3, -0.25) is 9.78 Å². The van der Waals surface area contributed by atoms with E-state index in [1.165, 1.54) is 0 Å². The van der Waals surface area contributed by atoms with E-state index in [2.05, 4.69) is 25.1 Å². The molecule has 218 valence electrons. The molecule has 11 heteroatoms. The van der Waals surface area contributed by atoms with E-state index >= 15 is 0 Å². The Morgan fingerprint density at radius 1 is 1.02 bits per heavy atom. The van der Waals surface area contributed by atoms with Crippen molar-refractivity contribution in [2.45, 2.75) is 52.6 Å². The van der Waals surface area contributed by atoms with Gasteiger partial charge in [-0.15, -0.1) is 0 Å². The lowest BCUT2D eigenvalue weighted by Gasteiger charge is -2.39. The van der Waals surface area contributed by atoms with Gasteiger partial charge in [-0.1, -0.05) is 12.1 Å². The average Bonchev–Trinajstić information content (AvgIpc) is 2.99. The van der Waals surface area contributed by atoms with Crippen LogP contribution in [0.25, 0.3) is 0 Å². The van der Waals surface area contributed by atoms with E-state index in [-0.39, 0.29) is 12.1 Å². The lowest BCUT2D eigenvalue weighted by atomic mass is 9.82. The van der Waals surface area contributed by atoms with Gasteiger partial charge in [0.1, 0.15) is 17.7 Å². The first-order valence-corrected chi connectivity index (χ1v) is 14.4. The Morgan fingerprint density at radius 3 is 2.68 bits per heavy atom. The molecule has 4 heterocycles. The van der Waals surface area contributed by atoms with Gasteiger partial charge in [-0.05, 0) is 64.7 Å². The molecule has 2 aliphatic heterocycles. The molecule has 41 heavy (non-hydrogen) atoms. The van der Waals surface area contributed by atoms with Crippen molar-refractivity contribution in [3.63, 3.8) is 0 Å². The van der Waals surface area contributed by atoms with Crippen molar-refractivity contribution in [3.8, 4) is 11.5 Å². The zero-order valence-electron chi connectivity index (χ0n) is 24.1. The van der Waals surface area contributed by atoms with Crippen LogP contribution in [0, 0.1) is 5.41 Å². The number of hydrogen-bond acceptors (Lipinski definition) is 11. The van der Waals surface area contributed by atoms with Crippen molar-refractivity contribution in [1.82, 2.24) is 19.9 Å². The molecule has 3 aromatic rings. The summed E-state index contributed by atoms with van der Waals surface area (Å²) < 4.78 is 17.4. The number of aromatic nitrogens is 4. The molecule has 11 nitrogen and oxygen atoms in total. The third kappa shape index (κ3) is 6.96. The second-order valence-corrected chi connectivity index (χ2v) is 10.6. The zero-order valence-corrected chi connectivity index (χ0v) is 24.1. The van der Waals surface area contributed by atoms with Crippen LogP contribution < -0.4 is 24.6 Å². The molecule has 2 atom stereocenters. The average molecular weight is 562 g/mol. The predicted octanol–water partition coefficient (Wildman–Crippen LogP) is 4.63. The molecule has 2 aromatic heterocycles. The van der Waals surface area contributed by atoms with Crippen LogP contribution in [0.5, 0.6) is 11.5 Å². The van der Waals surface area contributed by atoms with Crippen LogP contribution >= 0.6 is 0 Å². The molecule has 0 radical (unpaired) electrons. The van der Waals surface area contributed by atoms with Gasteiger partial charge in [-0.25, -0.2) is 9.97 Å².